The molecule has 0 fully saturated rings. The van der Waals surface area contributed by atoms with E-state index >= 15 is 0 Å². The molecular formula is C15H9BrCl2O3. The van der Waals surface area contributed by atoms with Crippen molar-refractivity contribution < 1.29 is 14.3 Å². The summed E-state index contributed by atoms with van der Waals surface area (Å²) in [5, 5.41) is -0.917. The Hall–Kier alpha value is -1.36. The highest BCUT2D eigenvalue weighted by atomic mass is 79.9. The van der Waals surface area contributed by atoms with Crippen LogP contribution in [-0.4, -0.2) is 17.1 Å². The van der Waals surface area contributed by atoms with E-state index in [2.05, 4.69) is 15.9 Å². The first-order valence-corrected chi connectivity index (χ1v) is 7.50. The van der Waals surface area contributed by atoms with Gasteiger partial charge in [-0.1, -0.05) is 41.9 Å². The minimum atomic E-state index is -1.41. The smallest absolute Gasteiger partial charge is 0.337 e. The maximum Gasteiger partial charge on any atom is 0.337 e. The van der Waals surface area contributed by atoms with Gasteiger partial charge >= 0.3 is 5.97 Å². The third-order valence-corrected chi connectivity index (χ3v) is 3.83. The molecule has 0 heterocycles. The molecule has 0 aliphatic carbocycles. The largest absolute Gasteiger partial charge is 0.424 e. The second-order valence-electron chi connectivity index (χ2n) is 4.09. The second-order valence-corrected chi connectivity index (χ2v) is 5.82. The molecule has 0 radical (unpaired) electrons. The Bertz CT molecular complexity index is 674. The van der Waals surface area contributed by atoms with E-state index in [1.165, 1.54) is 6.07 Å². The molecule has 0 aliphatic heterocycles. The minimum Gasteiger partial charge on any atom is -0.424 e. The van der Waals surface area contributed by atoms with E-state index < -0.39 is 17.1 Å². The van der Waals surface area contributed by atoms with Crippen molar-refractivity contribution in [1.82, 2.24) is 0 Å². The molecule has 0 saturated carbocycles. The Labute approximate surface area is 139 Å². The molecule has 0 saturated heterocycles. The maximum atomic E-state index is 12.0. The number of halogens is 3. The van der Waals surface area contributed by atoms with Crippen molar-refractivity contribution in [1.29, 1.82) is 0 Å². The number of hydrogen-bond acceptors (Lipinski definition) is 3. The molecule has 0 spiro atoms. The predicted octanol–water partition coefficient (Wildman–Crippen LogP) is 4.50. The van der Waals surface area contributed by atoms with Crippen LogP contribution in [0.25, 0.3) is 0 Å². The molecule has 1 atom stereocenters. The zero-order valence-electron chi connectivity index (χ0n) is 10.6. The summed E-state index contributed by atoms with van der Waals surface area (Å²) in [5.74, 6) is -1.10. The third kappa shape index (κ3) is 4.06. The van der Waals surface area contributed by atoms with Gasteiger partial charge in [0.05, 0.1) is 4.47 Å². The number of hydrogen-bond donors (Lipinski definition) is 0. The van der Waals surface area contributed by atoms with Crippen LogP contribution in [0.4, 0.5) is 0 Å². The van der Waals surface area contributed by atoms with E-state index in [1.54, 1.807) is 42.5 Å². The quantitative estimate of drug-likeness (QED) is 0.255. The van der Waals surface area contributed by atoms with Gasteiger partial charge in [-0.05, 0) is 34.1 Å². The summed E-state index contributed by atoms with van der Waals surface area (Å²) >= 11 is 14.9. The lowest BCUT2D eigenvalue weighted by Crippen LogP contribution is -2.29. The van der Waals surface area contributed by atoms with Gasteiger partial charge in [0.2, 0.25) is 0 Å². The standard InChI is InChI=1S/C15H9BrCl2O3/c16-11-8-10(17)6-7-12(11)21-15(20)13(18)14(19)9-4-2-1-3-5-9/h1-8,13H. The number of carbonyl (C=O) groups excluding carboxylic acids is 2. The van der Waals surface area contributed by atoms with Gasteiger partial charge in [0.1, 0.15) is 5.75 Å². The average Bonchev–Trinajstić information content (AvgIpc) is 2.49. The van der Waals surface area contributed by atoms with Gasteiger partial charge in [-0.3, -0.25) is 4.79 Å². The van der Waals surface area contributed by atoms with E-state index in [0.29, 0.717) is 15.1 Å². The number of carbonyl (C=O) groups is 2. The molecule has 0 aromatic heterocycles. The van der Waals surface area contributed by atoms with Crippen molar-refractivity contribution in [2.45, 2.75) is 5.38 Å². The van der Waals surface area contributed by atoms with E-state index in [0.717, 1.165) is 0 Å². The molecule has 2 aromatic carbocycles. The minimum absolute atomic E-state index is 0.246. The summed E-state index contributed by atoms with van der Waals surface area (Å²) in [6, 6.07) is 13.0. The van der Waals surface area contributed by atoms with Gasteiger partial charge in [0, 0.05) is 10.6 Å². The molecule has 2 aromatic rings. The number of alkyl halides is 1. The molecule has 3 nitrogen and oxygen atoms in total. The molecular weight excluding hydrogens is 379 g/mol. The summed E-state index contributed by atoms with van der Waals surface area (Å²) < 4.78 is 5.61. The summed E-state index contributed by atoms with van der Waals surface area (Å²) in [6.07, 6.45) is 0. The lowest BCUT2D eigenvalue weighted by Gasteiger charge is -2.10. The van der Waals surface area contributed by atoms with Crippen LogP contribution in [0.2, 0.25) is 5.02 Å². The molecule has 108 valence electrons. The first kappa shape index (κ1) is 16.0. The number of Topliss-reactive ketones (excluding diaryl/α,β-unsaturated/α-hetero) is 1. The number of ketones is 1. The zero-order chi connectivity index (χ0) is 15.4. The van der Waals surface area contributed by atoms with Crippen molar-refractivity contribution in [2.24, 2.45) is 0 Å². The van der Waals surface area contributed by atoms with Crippen LogP contribution in [0.1, 0.15) is 10.4 Å². The highest BCUT2D eigenvalue weighted by Crippen LogP contribution is 2.28. The molecule has 0 N–H and O–H groups in total. The molecule has 0 bridgehead atoms. The topological polar surface area (TPSA) is 43.4 Å². The number of benzene rings is 2. The van der Waals surface area contributed by atoms with Crippen molar-refractivity contribution in [3.05, 3.63) is 63.6 Å². The first-order chi connectivity index (χ1) is 9.99. The van der Waals surface area contributed by atoms with Crippen molar-refractivity contribution in [2.75, 3.05) is 0 Å². The highest BCUT2D eigenvalue weighted by Gasteiger charge is 2.27. The van der Waals surface area contributed by atoms with E-state index in [4.69, 9.17) is 27.9 Å². The van der Waals surface area contributed by atoms with Crippen LogP contribution in [0, 0.1) is 0 Å². The van der Waals surface area contributed by atoms with Crippen LogP contribution < -0.4 is 4.74 Å². The van der Waals surface area contributed by atoms with Crippen LogP contribution >= 0.6 is 39.1 Å². The van der Waals surface area contributed by atoms with Gasteiger partial charge in [-0.25, -0.2) is 4.79 Å². The molecule has 0 amide bonds. The third-order valence-electron chi connectivity index (χ3n) is 2.60. The molecule has 0 aliphatic rings. The normalized spacial score (nSPS) is 11.8. The number of rotatable bonds is 4. The number of esters is 1. The highest BCUT2D eigenvalue weighted by molar-refractivity contribution is 9.10. The van der Waals surface area contributed by atoms with Gasteiger partial charge in [-0.15, -0.1) is 11.6 Å². The summed E-state index contributed by atoms with van der Waals surface area (Å²) in [7, 11) is 0. The van der Waals surface area contributed by atoms with Crippen molar-refractivity contribution in [3.63, 3.8) is 0 Å². The summed E-state index contributed by atoms with van der Waals surface area (Å²) in [6.45, 7) is 0. The monoisotopic (exact) mass is 386 g/mol. The maximum absolute atomic E-state index is 12.0. The first-order valence-electron chi connectivity index (χ1n) is 5.89. The molecule has 1 unspecified atom stereocenters. The Balaban J connectivity index is 2.11. The van der Waals surface area contributed by atoms with Crippen molar-refractivity contribution in [3.8, 4) is 5.75 Å². The zero-order valence-corrected chi connectivity index (χ0v) is 13.7. The fourth-order valence-electron chi connectivity index (χ4n) is 1.57. The van der Waals surface area contributed by atoms with Crippen LogP contribution in [0.3, 0.4) is 0 Å². The molecule has 2 rings (SSSR count). The predicted molar refractivity (Wildman–Crippen MR) is 85.2 cm³/mol. The van der Waals surface area contributed by atoms with Crippen LogP contribution in [0.15, 0.2) is 53.0 Å². The van der Waals surface area contributed by atoms with Gasteiger partial charge < -0.3 is 4.74 Å². The van der Waals surface area contributed by atoms with E-state index in [1.807, 2.05) is 0 Å². The fraction of sp³-hybridized carbons (Fsp3) is 0.0667. The SMILES string of the molecule is O=C(Oc1ccc(Cl)cc1Br)C(Cl)C(=O)c1ccccc1. The summed E-state index contributed by atoms with van der Waals surface area (Å²) in [5.41, 5.74) is 0.352. The van der Waals surface area contributed by atoms with Gasteiger partial charge in [0.25, 0.3) is 0 Å². The Kier molecular flexibility index (Phi) is 5.39. The number of ether oxygens (including phenoxy) is 1. The Morgan fingerprint density at radius 3 is 2.38 bits per heavy atom. The van der Waals surface area contributed by atoms with Gasteiger partial charge in [-0.2, -0.15) is 0 Å². The Morgan fingerprint density at radius 2 is 1.76 bits per heavy atom. The van der Waals surface area contributed by atoms with Gasteiger partial charge in [0.15, 0.2) is 11.2 Å². The average molecular weight is 388 g/mol. The van der Waals surface area contributed by atoms with Crippen LogP contribution in [0.5, 0.6) is 5.75 Å². The lowest BCUT2D eigenvalue weighted by atomic mass is 10.1. The van der Waals surface area contributed by atoms with E-state index in [-0.39, 0.29) is 5.75 Å². The van der Waals surface area contributed by atoms with E-state index in [9.17, 15) is 9.59 Å². The Morgan fingerprint density at radius 1 is 1.10 bits per heavy atom. The molecule has 6 heteroatoms. The second kappa shape index (κ2) is 7.07. The molecule has 21 heavy (non-hydrogen) atoms. The van der Waals surface area contributed by atoms with Crippen LogP contribution in [-0.2, 0) is 4.79 Å². The summed E-state index contributed by atoms with van der Waals surface area (Å²) in [4.78, 5) is 24.0. The van der Waals surface area contributed by atoms with Crippen molar-refractivity contribution >= 4 is 50.9 Å². The lowest BCUT2D eigenvalue weighted by molar-refractivity contribution is -0.133. The fourth-order valence-corrected chi connectivity index (χ4v) is 2.51.